The lowest BCUT2D eigenvalue weighted by Crippen LogP contribution is -2.38. The lowest BCUT2D eigenvalue weighted by Gasteiger charge is -2.29. The number of nitrogens with zero attached hydrogens (tertiary/aromatic N) is 1. The Kier molecular flexibility index (Phi) is 6.84. The predicted octanol–water partition coefficient (Wildman–Crippen LogP) is 3.03. The van der Waals surface area contributed by atoms with Crippen molar-refractivity contribution in [3.05, 3.63) is 0 Å². The maximum atomic E-state index is 12.4. The van der Waals surface area contributed by atoms with Gasteiger partial charge in [0.15, 0.2) is 0 Å². The number of amides is 1. The van der Waals surface area contributed by atoms with Crippen molar-refractivity contribution in [3.8, 4) is 0 Å². The molecule has 2 unspecified atom stereocenters. The Hall–Kier alpha value is -0.570. The topological polar surface area (TPSA) is 46.3 Å². The van der Waals surface area contributed by atoms with Gasteiger partial charge in [-0.15, -0.1) is 0 Å². The Labute approximate surface area is 118 Å². The van der Waals surface area contributed by atoms with E-state index in [4.69, 9.17) is 5.73 Å². The van der Waals surface area contributed by atoms with Crippen molar-refractivity contribution in [2.24, 2.45) is 23.5 Å². The number of carbonyl (C=O) groups is 1. The lowest BCUT2D eigenvalue weighted by atomic mass is 9.88. The standard InChI is InChI=1S/C16H32N2O/c1-12(2)14(9-10-17)7-8-16(19)18-11-5-6-15(18)13(3)4/h12-15H,5-11,17H2,1-4H3. The van der Waals surface area contributed by atoms with Gasteiger partial charge < -0.3 is 10.6 Å². The summed E-state index contributed by atoms with van der Waals surface area (Å²) < 4.78 is 0. The first-order valence-electron chi connectivity index (χ1n) is 7.96. The molecular weight excluding hydrogens is 236 g/mol. The van der Waals surface area contributed by atoms with Crippen LogP contribution in [-0.4, -0.2) is 29.9 Å². The van der Waals surface area contributed by atoms with Gasteiger partial charge in [0.2, 0.25) is 5.91 Å². The van der Waals surface area contributed by atoms with E-state index < -0.39 is 0 Å². The van der Waals surface area contributed by atoms with E-state index in [0.29, 0.717) is 36.1 Å². The van der Waals surface area contributed by atoms with E-state index in [0.717, 1.165) is 25.9 Å². The summed E-state index contributed by atoms with van der Waals surface area (Å²) >= 11 is 0. The molecule has 1 saturated heterocycles. The van der Waals surface area contributed by atoms with Gasteiger partial charge in [0.1, 0.15) is 0 Å². The van der Waals surface area contributed by atoms with Gasteiger partial charge in [-0.25, -0.2) is 0 Å². The highest BCUT2D eigenvalue weighted by molar-refractivity contribution is 5.76. The number of hydrogen-bond donors (Lipinski definition) is 1. The summed E-state index contributed by atoms with van der Waals surface area (Å²) in [5, 5.41) is 0. The van der Waals surface area contributed by atoms with Crippen molar-refractivity contribution in [3.63, 3.8) is 0 Å². The van der Waals surface area contributed by atoms with Crippen LogP contribution in [0.4, 0.5) is 0 Å². The summed E-state index contributed by atoms with van der Waals surface area (Å²) in [7, 11) is 0. The molecule has 0 spiro atoms. The van der Waals surface area contributed by atoms with Crippen LogP contribution >= 0.6 is 0 Å². The van der Waals surface area contributed by atoms with Gasteiger partial charge in [-0.05, 0) is 50.0 Å². The molecule has 0 aromatic rings. The normalized spacial score (nSPS) is 21.4. The van der Waals surface area contributed by atoms with E-state index in [1.54, 1.807) is 0 Å². The number of rotatable bonds is 7. The van der Waals surface area contributed by atoms with Crippen molar-refractivity contribution < 1.29 is 4.79 Å². The highest BCUT2D eigenvalue weighted by Gasteiger charge is 2.30. The Balaban J connectivity index is 2.45. The van der Waals surface area contributed by atoms with Crippen LogP contribution in [0.2, 0.25) is 0 Å². The summed E-state index contributed by atoms with van der Waals surface area (Å²) in [5.74, 6) is 2.15. The van der Waals surface area contributed by atoms with Gasteiger partial charge in [-0.3, -0.25) is 4.79 Å². The Bertz CT molecular complexity index is 276. The Morgan fingerprint density at radius 2 is 1.95 bits per heavy atom. The minimum absolute atomic E-state index is 0.360. The van der Waals surface area contributed by atoms with E-state index in [-0.39, 0.29) is 0 Å². The predicted molar refractivity (Wildman–Crippen MR) is 80.8 cm³/mol. The zero-order chi connectivity index (χ0) is 14.4. The van der Waals surface area contributed by atoms with E-state index >= 15 is 0 Å². The fraction of sp³-hybridized carbons (Fsp3) is 0.938. The molecule has 1 aliphatic rings. The third kappa shape index (κ3) is 4.79. The first-order valence-corrected chi connectivity index (χ1v) is 7.96. The average molecular weight is 268 g/mol. The second kappa shape index (κ2) is 7.88. The van der Waals surface area contributed by atoms with E-state index in [1.165, 1.54) is 12.8 Å². The molecular formula is C16H32N2O. The average Bonchev–Trinajstić information content (AvgIpc) is 2.82. The highest BCUT2D eigenvalue weighted by Crippen LogP contribution is 2.26. The van der Waals surface area contributed by atoms with Crippen LogP contribution in [0.25, 0.3) is 0 Å². The summed E-state index contributed by atoms with van der Waals surface area (Å²) in [6.07, 6.45) is 5.09. The molecule has 1 aliphatic heterocycles. The van der Waals surface area contributed by atoms with E-state index in [2.05, 4.69) is 32.6 Å². The molecule has 2 N–H and O–H groups in total. The molecule has 0 radical (unpaired) electrons. The molecule has 1 fully saturated rings. The lowest BCUT2D eigenvalue weighted by molar-refractivity contribution is -0.133. The van der Waals surface area contributed by atoms with Gasteiger partial charge in [-0.1, -0.05) is 27.7 Å². The molecule has 0 aromatic heterocycles. The van der Waals surface area contributed by atoms with Crippen molar-refractivity contribution in [1.29, 1.82) is 0 Å². The smallest absolute Gasteiger partial charge is 0.222 e. The van der Waals surface area contributed by atoms with Crippen LogP contribution in [-0.2, 0) is 4.79 Å². The van der Waals surface area contributed by atoms with Crippen LogP contribution in [0, 0.1) is 17.8 Å². The number of likely N-dealkylation sites (tertiary alicyclic amines) is 1. The quantitative estimate of drug-likeness (QED) is 0.771. The van der Waals surface area contributed by atoms with Crippen LogP contribution in [0.5, 0.6) is 0 Å². The molecule has 0 bridgehead atoms. The molecule has 0 saturated carbocycles. The second-order valence-electron chi connectivity index (χ2n) is 6.66. The summed E-state index contributed by atoms with van der Waals surface area (Å²) in [5.41, 5.74) is 5.66. The zero-order valence-electron chi connectivity index (χ0n) is 13.2. The first-order chi connectivity index (χ1) is 8.97. The number of hydrogen-bond acceptors (Lipinski definition) is 2. The molecule has 3 nitrogen and oxygen atoms in total. The number of carbonyl (C=O) groups excluding carboxylic acids is 1. The van der Waals surface area contributed by atoms with Gasteiger partial charge in [0.05, 0.1) is 0 Å². The first kappa shape index (κ1) is 16.5. The molecule has 2 atom stereocenters. The molecule has 19 heavy (non-hydrogen) atoms. The van der Waals surface area contributed by atoms with E-state index in [9.17, 15) is 4.79 Å². The van der Waals surface area contributed by atoms with Gasteiger partial charge in [0.25, 0.3) is 0 Å². The molecule has 1 heterocycles. The molecule has 0 aromatic carbocycles. The SMILES string of the molecule is CC(C)C(CCN)CCC(=O)N1CCCC1C(C)C. The van der Waals surface area contributed by atoms with Gasteiger partial charge in [-0.2, -0.15) is 0 Å². The van der Waals surface area contributed by atoms with E-state index in [1.807, 2.05) is 0 Å². The number of nitrogens with two attached hydrogens (primary N) is 1. The third-order valence-electron chi connectivity index (χ3n) is 4.60. The van der Waals surface area contributed by atoms with Gasteiger partial charge in [0, 0.05) is 19.0 Å². The molecule has 112 valence electrons. The van der Waals surface area contributed by atoms with Crippen molar-refractivity contribution in [1.82, 2.24) is 4.90 Å². The summed E-state index contributed by atoms with van der Waals surface area (Å²) in [4.78, 5) is 14.5. The Morgan fingerprint density at radius 1 is 1.26 bits per heavy atom. The largest absolute Gasteiger partial charge is 0.339 e. The minimum atomic E-state index is 0.360. The van der Waals surface area contributed by atoms with Crippen LogP contribution < -0.4 is 5.73 Å². The molecule has 3 heteroatoms. The van der Waals surface area contributed by atoms with Crippen LogP contribution in [0.15, 0.2) is 0 Å². The van der Waals surface area contributed by atoms with Crippen molar-refractivity contribution in [2.75, 3.05) is 13.1 Å². The third-order valence-corrected chi connectivity index (χ3v) is 4.60. The fourth-order valence-electron chi connectivity index (χ4n) is 3.27. The molecule has 1 amide bonds. The highest BCUT2D eigenvalue weighted by atomic mass is 16.2. The maximum Gasteiger partial charge on any atom is 0.222 e. The van der Waals surface area contributed by atoms with Gasteiger partial charge >= 0.3 is 0 Å². The van der Waals surface area contributed by atoms with Crippen molar-refractivity contribution >= 4 is 5.91 Å². The summed E-state index contributed by atoms with van der Waals surface area (Å²) in [6.45, 7) is 10.6. The maximum absolute atomic E-state index is 12.4. The molecule has 1 rings (SSSR count). The Morgan fingerprint density at radius 3 is 2.47 bits per heavy atom. The zero-order valence-corrected chi connectivity index (χ0v) is 13.2. The fourth-order valence-corrected chi connectivity index (χ4v) is 3.27. The molecule has 0 aliphatic carbocycles. The summed E-state index contributed by atoms with van der Waals surface area (Å²) in [6, 6.07) is 0.472. The van der Waals surface area contributed by atoms with Crippen LogP contribution in [0.3, 0.4) is 0 Å². The van der Waals surface area contributed by atoms with Crippen molar-refractivity contribution in [2.45, 2.75) is 65.8 Å². The minimum Gasteiger partial charge on any atom is -0.339 e. The second-order valence-corrected chi connectivity index (χ2v) is 6.66. The monoisotopic (exact) mass is 268 g/mol. The van der Waals surface area contributed by atoms with Crippen LogP contribution in [0.1, 0.15) is 59.8 Å².